The van der Waals surface area contributed by atoms with Gasteiger partial charge in [-0.15, -0.1) is 34.0 Å². The second-order valence-electron chi connectivity index (χ2n) is 29.1. The molecule has 0 saturated heterocycles. The van der Waals surface area contributed by atoms with E-state index in [0.717, 1.165) is 86.9 Å². The molecule has 0 spiro atoms. The van der Waals surface area contributed by atoms with Crippen molar-refractivity contribution < 1.29 is 8.83 Å². The van der Waals surface area contributed by atoms with Gasteiger partial charge in [0, 0.05) is 108 Å². The fourth-order valence-corrected chi connectivity index (χ4v) is 20.4. The zero-order valence-electron chi connectivity index (χ0n) is 65.0. The van der Waals surface area contributed by atoms with Crippen LogP contribution in [0.15, 0.2) is 430 Å². The van der Waals surface area contributed by atoms with Crippen molar-refractivity contribution in [2.75, 3.05) is 20.9 Å². The number of anilines is 6. The first-order valence-electron chi connectivity index (χ1n) is 39.5. The van der Waals surface area contributed by atoms with Crippen molar-refractivity contribution in [1.29, 1.82) is 0 Å². The molecule has 5 aromatic heterocycles. The molecule has 11 heteroatoms. The Labute approximate surface area is 744 Å². The Morgan fingerprint density at radius 3 is 1.15 bits per heavy atom. The first kappa shape index (κ1) is 79.4. The van der Waals surface area contributed by atoms with Gasteiger partial charge in [0.2, 0.25) is 0 Å². The highest BCUT2D eigenvalue weighted by Gasteiger charge is 2.23. The summed E-state index contributed by atoms with van der Waals surface area (Å²) in [6.07, 6.45) is 0. The van der Waals surface area contributed by atoms with Gasteiger partial charge < -0.3 is 24.8 Å². The van der Waals surface area contributed by atoms with Gasteiger partial charge in [-0.2, -0.15) is 0 Å². The number of furan rings is 2. The molecule has 0 fully saturated rings. The van der Waals surface area contributed by atoms with Gasteiger partial charge in [-0.3, -0.25) is 0 Å². The van der Waals surface area contributed by atoms with Gasteiger partial charge in [-0.25, -0.2) is 0 Å². The molecule has 0 aliphatic heterocycles. The van der Waals surface area contributed by atoms with Crippen LogP contribution >= 0.6 is 88.5 Å². The number of hydrogen-bond acceptors (Lipinski definition) is 8. The molecule has 0 aliphatic rings. The van der Waals surface area contributed by atoms with Crippen LogP contribution in [0.5, 0.6) is 0 Å². The minimum absolute atomic E-state index is 0. The quantitative estimate of drug-likeness (QED) is 0.0901. The molecule has 0 radical (unpaired) electrons. The highest BCUT2D eigenvalue weighted by molar-refractivity contribution is 14.1. The summed E-state index contributed by atoms with van der Waals surface area (Å²) in [5.74, 6) is 0. The maximum atomic E-state index is 6.35. The van der Waals surface area contributed by atoms with Gasteiger partial charge in [0.05, 0.1) is 16.8 Å². The summed E-state index contributed by atoms with van der Waals surface area (Å²) in [6, 6.07) is 145. The van der Waals surface area contributed by atoms with E-state index in [-0.39, 0.29) is 7.43 Å². The second kappa shape index (κ2) is 35.7. The van der Waals surface area contributed by atoms with Crippen LogP contribution in [0.25, 0.3) is 170 Å². The normalized spacial score (nSPS) is 11.1. The molecule has 24 aromatic rings. The second-order valence-corrected chi connectivity index (χ2v) is 34.1. The van der Waals surface area contributed by atoms with Crippen molar-refractivity contribution >= 4 is 259 Å². The van der Waals surface area contributed by atoms with E-state index in [9.17, 15) is 0 Å². The van der Waals surface area contributed by atoms with Gasteiger partial charge in [0.25, 0.3) is 0 Å². The van der Waals surface area contributed by atoms with Crippen LogP contribution in [0.2, 0.25) is 0 Å². The van der Waals surface area contributed by atoms with Crippen molar-refractivity contribution in [2.24, 2.45) is 0 Å². The predicted octanol–water partition coefficient (Wildman–Crippen LogP) is 35.8. The number of nitrogens with one attached hydrogen (secondary N) is 1. The number of nitrogens with zero attached hydrogens (tertiary/aromatic N) is 1. The van der Waals surface area contributed by atoms with Crippen LogP contribution in [0.4, 0.5) is 34.1 Å². The van der Waals surface area contributed by atoms with Gasteiger partial charge in [-0.1, -0.05) is 329 Å². The Kier molecular flexibility index (Phi) is 23.4. The number of rotatable bonds is 8. The lowest BCUT2D eigenvalue weighted by molar-refractivity contribution is 0.668. The zero-order chi connectivity index (χ0) is 81.0. The Balaban J connectivity index is 0.000000111. The van der Waals surface area contributed by atoms with Crippen LogP contribution in [-0.4, -0.2) is 4.93 Å². The predicted molar refractivity (Wildman–Crippen MR) is 545 cm³/mol. The molecule has 0 unspecified atom stereocenters. The number of hydrogen-bond donors (Lipinski definition) is 2. The van der Waals surface area contributed by atoms with Crippen molar-refractivity contribution in [3.8, 4) is 33.4 Å². The molecular formula is C110H78Br2IN3O2S3. The maximum absolute atomic E-state index is 6.35. The van der Waals surface area contributed by atoms with E-state index in [1.165, 1.54) is 126 Å². The number of nitrogens with two attached hydrogens (primary N) is 1. The van der Waals surface area contributed by atoms with Crippen molar-refractivity contribution in [1.82, 2.24) is 0 Å². The summed E-state index contributed by atoms with van der Waals surface area (Å²) in [7, 11) is 0. The number of benzene rings is 19. The van der Waals surface area contributed by atoms with Crippen LogP contribution in [-0.2, 0) is 0 Å². The molecule has 0 saturated carbocycles. The third-order valence-electron chi connectivity index (χ3n) is 21.8. The van der Waals surface area contributed by atoms with E-state index in [2.05, 4.69) is 423 Å². The number of halogens is 3. The fraction of sp³-hybridized carbons (Fsp3) is 0.0182. The minimum Gasteiger partial charge on any atom is -0.456 e. The summed E-state index contributed by atoms with van der Waals surface area (Å²) < 4.78 is 22.0. The summed E-state index contributed by atoms with van der Waals surface area (Å²) in [5, 5.41) is 23.5. The summed E-state index contributed by atoms with van der Waals surface area (Å²) in [4.78, 5) is 4.38. The van der Waals surface area contributed by atoms with Crippen molar-refractivity contribution in [3.63, 3.8) is 0 Å². The molecule has 584 valence electrons. The van der Waals surface area contributed by atoms with Crippen LogP contribution in [0.3, 0.4) is 0 Å². The molecule has 24 rings (SSSR count). The van der Waals surface area contributed by atoms with Gasteiger partial charge in [0.1, 0.15) is 22.3 Å². The molecule has 5 nitrogen and oxygen atoms in total. The van der Waals surface area contributed by atoms with E-state index >= 15 is 0 Å². The minimum atomic E-state index is 0. The Morgan fingerprint density at radius 1 is 0.281 bits per heavy atom. The standard InChI is InChI=1S/C40H25NOS.C28H19NS.C16H11Br.C12H7BrO.C12H9NS.CH3I.CH4/c1-2-10-28-25-29(20-19-26(28)9-1)27-21-23-30(24-22-27)41(33-13-7-16-36-39(33)31-11-3-5-15-35(31)42-36)34-14-8-18-38-40(34)32-12-4-6-17-37(32)43-38;1-2-7-21-18-22(13-12-19(21)6-1)20-14-16-23(17-15-20)29-25-9-5-11-27-28(25)24-8-3-4-10-26(24)30-27;17-16-9-7-13(8-10-16)15-6-5-12-3-1-2-4-14(12)11-15;2*13-9-5-3-7-11-12(9)8-4-1-2-6-10(8)14-11;1-2;/h1-25H;1-18,29H;1-11H;1-7H;1-7H,13H2;1H3;1H4. The largest absolute Gasteiger partial charge is 0.456 e. The molecule has 3 N–H and O–H groups in total. The smallest absolute Gasteiger partial charge is 0.137 e. The molecule has 0 amide bonds. The number of nitrogen functional groups attached to an aromatic ring is 1. The average Bonchev–Trinajstić information content (AvgIpc) is 1.69. The topological polar surface area (TPSA) is 67.6 Å². The van der Waals surface area contributed by atoms with Crippen LogP contribution in [0, 0.1) is 0 Å². The summed E-state index contributed by atoms with van der Waals surface area (Å²) >= 11 is 14.6. The molecule has 5 heterocycles. The average molecular weight is 1860 g/mol. The first-order chi connectivity index (χ1) is 59.2. The number of alkyl halides is 1. The highest BCUT2D eigenvalue weighted by Crippen LogP contribution is 2.49. The Morgan fingerprint density at radius 2 is 0.628 bits per heavy atom. The monoisotopic (exact) mass is 1850 g/mol. The van der Waals surface area contributed by atoms with E-state index in [1.807, 2.05) is 82.2 Å². The number of para-hydroxylation sites is 2. The molecular weight excluding hydrogens is 1780 g/mol. The van der Waals surface area contributed by atoms with Gasteiger partial charge in [-0.05, 0) is 216 Å². The van der Waals surface area contributed by atoms with Crippen LogP contribution < -0.4 is 16.0 Å². The van der Waals surface area contributed by atoms with Crippen molar-refractivity contribution in [3.05, 3.63) is 421 Å². The van der Waals surface area contributed by atoms with Gasteiger partial charge >= 0.3 is 0 Å². The SMILES string of the molecule is Brc1ccc(-c2ccc3ccccc3c2)cc1.Brc1cccc2oc3ccccc3c12.C.CI.Nc1cccc2sc3ccccc3c12.c1ccc2cc(-c3ccc(N(c4cccc5oc6ccccc6c45)c4cccc5sc6ccccc6c45)cc3)ccc2c1.c1ccc2cc(-c3ccc(Nc4cccc5sc6ccccc6c45)cc3)ccc2c1. The van der Waals surface area contributed by atoms with E-state index < -0.39 is 0 Å². The summed E-state index contributed by atoms with van der Waals surface area (Å²) in [5.41, 5.74) is 23.5. The Hall–Kier alpha value is -12.7. The molecule has 121 heavy (non-hydrogen) atoms. The lowest BCUT2D eigenvalue weighted by Crippen LogP contribution is -2.10. The molecule has 19 aromatic carbocycles. The lowest BCUT2D eigenvalue weighted by atomic mass is 10.0. The summed E-state index contributed by atoms with van der Waals surface area (Å²) in [6.45, 7) is 0. The third kappa shape index (κ3) is 16.3. The Bertz CT molecular complexity index is 7640. The number of fused-ring (bicyclic) bond motifs is 18. The first-order valence-corrected chi connectivity index (χ1v) is 45.7. The van der Waals surface area contributed by atoms with E-state index in [0.29, 0.717) is 0 Å². The van der Waals surface area contributed by atoms with Gasteiger partial charge in [0.15, 0.2) is 0 Å². The van der Waals surface area contributed by atoms with E-state index in [4.69, 9.17) is 14.6 Å². The maximum Gasteiger partial charge on any atom is 0.137 e. The third-order valence-corrected chi connectivity index (χ3v) is 26.4. The molecule has 0 aliphatic carbocycles. The highest BCUT2D eigenvalue weighted by atomic mass is 127. The molecule has 0 bridgehead atoms. The number of thiophene rings is 3. The molecule has 0 atom stereocenters. The lowest BCUT2D eigenvalue weighted by Gasteiger charge is -2.27. The van der Waals surface area contributed by atoms with E-state index in [1.54, 1.807) is 11.3 Å². The van der Waals surface area contributed by atoms with Crippen LogP contribution in [0.1, 0.15) is 7.43 Å². The van der Waals surface area contributed by atoms with Crippen molar-refractivity contribution in [2.45, 2.75) is 7.43 Å². The zero-order valence-corrected chi connectivity index (χ0v) is 72.7. The fourth-order valence-electron chi connectivity index (χ4n) is 16.2.